The number of hydrogen-bond acceptors (Lipinski definition) is 7. The minimum absolute atomic E-state index is 0.0300. The smallest absolute Gasteiger partial charge is 0.229 e. The molecule has 8 nitrogen and oxygen atoms in total. The van der Waals surface area contributed by atoms with Gasteiger partial charge in [-0.3, -0.25) is 4.72 Å². The van der Waals surface area contributed by atoms with Crippen molar-refractivity contribution in [2.24, 2.45) is 0 Å². The summed E-state index contributed by atoms with van der Waals surface area (Å²) in [6, 6.07) is 10.2. The molecule has 3 aromatic rings. The summed E-state index contributed by atoms with van der Waals surface area (Å²) < 4.78 is 36.8. The molecule has 0 aliphatic heterocycles. The highest BCUT2D eigenvalue weighted by Gasteiger charge is 2.18. The number of phenolic OH excluding ortho intramolecular Hbond substituents is 1. The quantitative estimate of drug-likeness (QED) is 0.286. The van der Waals surface area contributed by atoms with Crippen molar-refractivity contribution in [3.8, 4) is 11.5 Å². The Morgan fingerprint density at radius 2 is 1.97 bits per heavy atom. The predicted octanol–water partition coefficient (Wildman–Crippen LogP) is 3.09. The van der Waals surface area contributed by atoms with E-state index >= 15 is 0 Å². The highest BCUT2D eigenvalue weighted by atomic mass is 32.2. The van der Waals surface area contributed by atoms with Crippen LogP contribution in [-0.2, 0) is 22.9 Å². The molecule has 0 fully saturated rings. The number of ether oxygens (including phenoxy) is 1. The molecule has 172 valence electrons. The number of aliphatic hydroxyl groups is 1. The number of furan rings is 1. The van der Waals surface area contributed by atoms with Crippen molar-refractivity contribution in [2.45, 2.75) is 31.8 Å². The molecule has 2 aromatic carbocycles. The normalized spacial score (nSPS) is 14.8. The van der Waals surface area contributed by atoms with E-state index in [1.807, 2.05) is 12.1 Å². The number of aryl methyl sites for hydroxylation is 2. The monoisotopic (exact) mass is 460 g/mol. The number of sulfonamides is 1. The average molecular weight is 461 g/mol. The second-order valence-electron chi connectivity index (χ2n) is 8.09. The molecule has 32 heavy (non-hydrogen) atoms. The molecule has 1 aromatic heterocycles. The van der Waals surface area contributed by atoms with E-state index in [9.17, 15) is 18.6 Å². The fourth-order valence-electron chi connectivity index (χ4n) is 3.97. The van der Waals surface area contributed by atoms with Gasteiger partial charge in [-0.2, -0.15) is 0 Å². The van der Waals surface area contributed by atoms with Crippen LogP contribution in [0.3, 0.4) is 0 Å². The summed E-state index contributed by atoms with van der Waals surface area (Å²) in [7, 11) is -3.54. The fourth-order valence-corrected chi connectivity index (χ4v) is 4.54. The number of phenols is 1. The maximum Gasteiger partial charge on any atom is 0.229 e. The van der Waals surface area contributed by atoms with Gasteiger partial charge in [0.2, 0.25) is 10.0 Å². The first-order valence-corrected chi connectivity index (χ1v) is 12.6. The van der Waals surface area contributed by atoms with Crippen LogP contribution in [-0.4, -0.2) is 44.6 Å². The Kier molecular flexibility index (Phi) is 6.59. The van der Waals surface area contributed by atoms with Gasteiger partial charge >= 0.3 is 0 Å². The van der Waals surface area contributed by atoms with E-state index in [0.29, 0.717) is 18.7 Å². The second-order valence-corrected chi connectivity index (χ2v) is 9.84. The fraction of sp³-hybridized carbons (Fsp3) is 0.391. The third-order valence-corrected chi connectivity index (χ3v) is 6.11. The summed E-state index contributed by atoms with van der Waals surface area (Å²) in [6.07, 6.45) is 4.57. The molecule has 0 bridgehead atoms. The lowest BCUT2D eigenvalue weighted by Crippen LogP contribution is -2.26. The van der Waals surface area contributed by atoms with Gasteiger partial charge in [-0.25, -0.2) is 8.42 Å². The highest BCUT2D eigenvalue weighted by molar-refractivity contribution is 7.92. The molecule has 4 rings (SSSR count). The maximum absolute atomic E-state index is 11.4. The number of aliphatic hydroxyl groups excluding tert-OH is 1. The summed E-state index contributed by atoms with van der Waals surface area (Å²) >= 11 is 0. The number of nitrogens with one attached hydrogen (secondary N) is 2. The van der Waals surface area contributed by atoms with Gasteiger partial charge in [-0.05, 0) is 49.1 Å². The molecule has 0 saturated carbocycles. The molecule has 1 aliphatic rings. The van der Waals surface area contributed by atoms with E-state index in [-0.39, 0.29) is 18.0 Å². The summed E-state index contributed by atoms with van der Waals surface area (Å²) in [4.78, 5) is 0. The lowest BCUT2D eigenvalue weighted by molar-refractivity contribution is 0.172. The summed E-state index contributed by atoms with van der Waals surface area (Å²) in [5.74, 6) is 1.63. The minimum atomic E-state index is -3.54. The van der Waals surface area contributed by atoms with Gasteiger partial charge in [0.05, 0.1) is 18.0 Å². The first-order chi connectivity index (χ1) is 15.3. The number of anilines is 1. The van der Waals surface area contributed by atoms with Crippen molar-refractivity contribution < 1.29 is 27.8 Å². The second kappa shape index (κ2) is 9.40. The van der Waals surface area contributed by atoms with Crippen molar-refractivity contribution in [1.82, 2.24) is 5.32 Å². The molecule has 0 radical (unpaired) electrons. The largest absolute Gasteiger partial charge is 0.506 e. The van der Waals surface area contributed by atoms with Gasteiger partial charge in [-0.1, -0.05) is 6.07 Å². The summed E-state index contributed by atoms with van der Waals surface area (Å²) in [6.45, 7) is 1.17. The van der Waals surface area contributed by atoms with Crippen LogP contribution in [0.4, 0.5) is 5.69 Å². The van der Waals surface area contributed by atoms with E-state index in [4.69, 9.17) is 9.15 Å². The zero-order valence-corrected chi connectivity index (χ0v) is 18.7. The van der Waals surface area contributed by atoms with Crippen molar-refractivity contribution in [3.63, 3.8) is 0 Å². The number of rotatable bonds is 9. The maximum atomic E-state index is 11.4. The molecule has 0 unspecified atom stereocenters. The van der Waals surface area contributed by atoms with Crippen LogP contribution < -0.4 is 14.8 Å². The molecule has 0 spiro atoms. The van der Waals surface area contributed by atoms with Crippen molar-refractivity contribution in [3.05, 3.63) is 53.3 Å². The molecule has 4 N–H and O–H groups in total. The first kappa shape index (κ1) is 22.4. The van der Waals surface area contributed by atoms with Gasteiger partial charge < -0.3 is 24.7 Å². The average Bonchev–Trinajstić information content (AvgIpc) is 3.11. The Morgan fingerprint density at radius 1 is 1.16 bits per heavy atom. The Labute approximate surface area is 187 Å². The number of fused-ring (bicyclic) bond motifs is 3. The van der Waals surface area contributed by atoms with E-state index in [0.717, 1.165) is 36.2 Å². The van der Waals surface area contributed by atoms with Gasteiger partial charge in [0, 0.05) is 36.5 Å². The Bertz CT molecular complexity index is 1200. The van der Waals surface area contributed by atoms with Crippen LogP contribution >= 0.6 is 0 Å². The molecule has 0 saturated heterocycles. The van der Waals surface area contributed by atoms with Crippen LogP contribution in [0, 0.1) is 0 Å². The predicted molar refractivity (Wildman–Crippen MR) is 123 cm³/mol. The molecular weight excluding hydrogens is 432 g/mol. The molecule has 1 atom stereocenters. The number of hydrogen-bond donors (Lipinski definition) is 4. The Hall–Kier alpha value is -2.75. The van der Waals surface area contributed by atoms with E-state index in [2.05, 4.69) is 16.1 Å². The standard InChI is InChI=1S/C23H28N2O6S/c1-32(28,29)25-19-12-15(6-9-20(19)26)21(27)14-24-10-11-30-16-7-8-18-17-4-2-3-5-22(17)31-23(18)13-16/h6-9,12-13,21,24-27H,2-5,10-11,14H2,1H3/t21-/m0/s1. The molecule has 9 heteroatoms. The third kappa shape index (κ3) is 5.35. The molecule has 1 heterocycles. The van der Waals surface area contributed by atoms with Gasteiger partial charge in [0.15, 0.2) is 0 Å². The Morgan fingerprint density at radius 3 is 2.78 bits per heavy atom. The van der Waals surface area contributed by atoms with Crippen molar-refractivity contribution in [1.29, 1.82) is 0 Å². The zero-order chi connectivity index (χ0) is 22.7. The summed E-state index contributed by atoms with van der Waals surface area (Å²) in [5.41, 5.74) is 2.71. The molecular formula is C23H28N2O6S. The van der Waals surface area contributed by atoms with Crippen LogP contribution in [0.5, 0.6) is 11.5 Å². The van der Waals surface area contributed by atoms with Crippen molar-refractivity contribution >= 4 is 26.7 Å². The van der Waals surface area contributed by atoms with Crippen LogP contribution in [0.15, 0.2) is 40.8 Å². The summed E-state index contributed by atoms with van der Waals surface area (Å²) in [5, 5.41) is 24.5. The SMILES string of the molecule is CS(=O)(=O)Nc1cc([C@@H](O)CNCCOc2ccc3c4c(oc3c2)CCCC4)ccc1O. The van der Waals surface area contributed by atoms with Crippen LogP contribution in [0.1, 0.15) is 35.8 Å². The van der Waals surface area contributed by atoms with Gasteiger partial charge in [0.1, 0.15) is 29.4 Å². The third-order valence-electron chi connectivity index (χ3n) is 5.51. The number of benzene rings is 2. The zero-order valence-electron chi connectivity index (χ0n) is 17.9. The van der Waals surface area contributed by atoms with Crippen LogP contribution in [0.25, 0.3) is 11.0 Å². The van der Waals surface area contributed by atoms with Crippen LogP contribution in [0.2, 0.25) is 0 Å². The minimum Gasteiger partial charge on any atom is -0.506 e. The van der Waals surface area contributed by atoms with E-state index < -0.39 is 16.1 Å². The van der Waals surface area contributed by atoms with E-state index in [1.165, 1.54) is 35.9 Å². The first-order valence-electron chi connectivity index (χ1n) is 10.7. The topological polar surface area (TPSA) is 121 Å². The van der Waals surface area contributed by atoms with E-state index in [1.54, 1.807) is 6.07 Å². The highest BCUT2D eigenvalue weighted by Crippen LogP contribution is 2.33. The van der Waals surface area contributed by atoms with Crippen molar-refractivity contribution in [2.75, 3.05) is 30.7 Å². The Balaban J connectivity index is 1.27. The lowest BCUT2D eigenvalue weighted by atomic mass is 9.96. The lowest BCUT2D eigenvalue weighted by Gasteiger charge is -2.15. The number of aromatic hydroxyl groups is 1. The van der Waals surface area contributed by atoms with Gasteiger partial charge in [0.25, 0.3) is 0 Å². The molecule has 1 aliphatic carbocycles. The van der Waals surface area contributed by atoms with Gasteiger partial charge in [-0.15, -0.1) is 0 Å². The molecule has 0 amide bonds.